The van der Waals surface area contributed by atoms with Crippen LogP contribution in [0.5, 0.6) is 11.5 Å². The normalized spacial score (nSPS) is 11.4. The van der Waals surface area contributed by atoms with Crippen molar-refractivity contribution in [2.45, 2.75) is 6.18 Å². The van der Waals surface area contributed by atoms with Gasteiger partial charge in [0.25, 0.3) is 0 Å². The van der Waals surface area contributed by atoms with E-state index in [-0.39, 0.29) is 22.2 Å². The minimum absolute atomic E-state index is 0.133. The first-order chi connectivity index (χ1) is 13.5. The van der Waals surface area contributed by atoms with Gasteiger partial charge in [-0.05, 0) is 51.8 Å². The summed E-state index contributed by atoms with van der Waals surface area (Å²) >= 11 is 8.87. The molecule has 2 rings (SSSR count). The first-order valence-corrected chi connectivity index (χ1v) is 8.77. The maximum Gasteiger partial charge on any atom is 0.416 e. The Morgan fingerprint density at radius 1 is 1.24 bits per heavy atom. The van der Waals surface area contributed by atoms with Crippen LogP contribution in [0.4, 0.5) is 18.9 Å². The highest BCUT2D eigenvalue weighted by Gasteiger charge is 2.31. The number of halogens is 5. The summed E-state index contributed by atoms with van der Waals surface area (Å²) in [5, 5.41) is 15.1. The van der Waals surface area contributed by atoms with Crippen LogP contribution in [0.3, 0.4) is 0 Å². The van der Waals surface area contributed by atoms with Crippen LogP contribution in [-0.2, 0) is 15.8 Å². The van der Waals surface area contributed by atoms with Crippen molar-refractivity contribution < 1.29 is 32.6 Å². The van der Waals surface area contributed by atoms with E-state index in [4.69, 9.17) is 16.3 Å². The number of anilines is 1. The number of hydrogen-bond acceptors (Lipinski definition) is 5. The second-order valence-corrected chi connectivity index (χ2v) is 6.66. The van der Waals surface area contributed by atoms with Crippen LogP contribution in [0.15, 0.2) is 39.9 Å². The van der Waals surface area contributed by atoms with Gasteiger partial charge in [-0.2, -0.15) is 18.3 Å². The van der Waals surface area contributed by atoms with Gasteiger partial charge >= 0.3 is 18.0 Å². The molecule has 2 amide bonds. The number of ether oxygens (including phenoxy) is 1. The van der Waals surface area contributed by atoms with Crippen molar-refractivity contribution in [3.63, 3.8) is 0 Å². The predicted molar refractivity (Wildman–Crippen MR) is 103 cm³/mol. The number of nitrogens with zero attached hydrogens (tertiary/aromatic N) is 1. The van der Waals surface area contributed by atoms with Crippen LogP contribution in [-0.4, -0.2) is 30.2 Å². The molecule has 12 heteroatoms. The van der Waals surface area contributed by atoms with E-state index in [2.05, 4.69) is 21.0 Å². The smallest absolute Gasteiger partial charge is 0.416 e. The van der Waals surface area contributed by atoms with Crippen molar-refractivity contribution in [3.8, 4) is 11.5 Å². The molecule has 0 bridgehead atoms. The molecule has 0 fully saturated rings. The summed E-state index contributed by atoms with van der Waals surface area (Å²) in [5.74, 6) is -2.50. The Morgan fingerprint density at radius 3 is 2.55 bits per heavy atom. The molecule has 154 valence electrons. The molecule has 0 aliphatic heterocycles. The molecule has 0 spiro atoms. The third kappa shape index (κ3) is 5.84. The minimum Gasteiger partial charge on any atom is -0.503 e. The fourth-order valence-electron chi connectivity index (χ4n) is 2.02. The summed E-state index contributed by atoms with van der Waals surface area (Å²) in [6.07, 6.45) is -3.48. The maximum atomic E-state index is 12.7. The molecule has 2 aromatic carbocycles. The van der Waals surface area contributed by atoms with E-state index in [0.717, 1.165) is 18.3 Å². The number of carbonyl (C=O) groups is 2. The van der Waals surface area contributed by atoms with Gasteiger partial charge < -0.3 is 15.2 Å². The molecule has 0 saturated carbocycles. The number of carbonyl (C=O) groups excluding carboxylic acids is 2. The topological polar surface area (TPSA) is 100 Å². The molecule has 0 aromatic heterocycles. The number of phenols is 1. The zero-order valence-corrected chi connectivity index (χ0v) is 16.8. The van der Waals surface area contributed by atoms with Gasteiger partial charge in [0.1, 0.15) is 0 Å². The van der Waals surface area contributed by atoms with E-state index in [1.165, 1.54) is 19.2 Å². The Labute approximate surface area is 175 Å². The summed E-state index contributed by atoms with van der Waals surface area (Å²) in [7, 11) is 1.34. The Hall–Kier alpha value is -2.79. The Morgan fingerprint density at radius 2 is 1.93 bits per heavy atom. The molecular weight excluding hydrogens is 483 g/mol. The Kier molecular flexibility index (Phi) is 7.09. The summed E-state index contributed by atoms with van der Waals surface area (Å²) in [6, 6.07) is 5.18. The van der Waals surface area contributed by atoms with Crippen LogP contribution in [0, 0.1) is 0 Å². The average molecular weight is 495 g/mol. The molecule has 2 aromatic rings. The number of methoxy groups -OCH3 is 1. The van der Waals surface area contributed by atoms with Crippen LogP contribution < -0.4 is 15.5 Å². The standard InChI is InChI=1S/C17H12BrClF3N3O4/c1-29-13-5-8(4-10(18)14(13)26)7-23-25-16(28)15(27)24-12-6-9(17(20,21)22)2-3-11(12)19/h2-7,26H,1H3,(H,24,27)(H,25,28)/b23-7+. The molecule has 0 atom stereocenters. The third-order valence-electron chi connectivity index (χ3n) is 3.40. The first-order valence-electron chi connectivity index (χ1n) is 7.60. The number of hydrazone groups is 1. The lowest BCUT2D eigenvalue weighted by molar-refractivity contribution is -0.137. The fraction of sp³-hybridized carbons (Fsp3) is 0.118. The van der Waals surface area contributed by atoms with Gasteiger partial charge in [-0.3, -0.25) is 9.59 Å². The minimum atomic E-state index is -4.64. The summed E-state index contributed by atoms with van der Waals surface area (Å²) in [6.45, 7) is 0. The predicted octanol–water partition coefficient (Wildman–Crippen LogP) is 3.92. The molecular formula is C17H12BrClF3N3O4. The van der Waals surface area contributed by atoms with Crippen LogP contribution in [0.1, 0.15) is 11.1 Å². The van der Waals surface area contributed by atoms with Crippen LogP contribution in [0.25, 0.3) is 0 Å². The molecule has 0 unspecified atom stereocenters. The quantitative estimate of drug-likeness (QED) is 0.341. The molecule has 0 saturated heterocycles. The van der Waals surface area contributed by atoms with Crippen molar-refractivity contribution in [1.82, 2.24) is 5.43 Å². The molecule has 0 aliphatic rings. The van der Waals surface area contributed by atoms with Gasteiger partial charge in [0.05, 0.1) is 34.1 Å². The lowest BCUT2D eigenvalue weighted by Crippen LogP contribution is -2.32. The molecule has 29 heavy (non-hydrogen) atoms. The number of alkyl halides is 3. The fourth-order valence-corrected chi connectivity index (χ4v) is 2.64. The zero-order valence-electron chi connectivity index (χ0n) is 14.5. The molecule has 7 nitrogen and oxygen atoms in total. The molecule has 0 radical (unpaired) electrons. The monoisotopic (exact) mass is 493 g/mol. The van der Waals surface area contributed by atoms with Crippen molar-refractivity contribution in [3.05, 3.63) is 51.0 Å². The van der Waals surface area contributed by atoms with Crippen molar-refractivity contribution in [2.24, 2.45) is 5.10 Å². The number of hydrogen-bond donors (Lipinski definition) is 3. The number of aromatic hydroxyl groups is 1. The second-order valence-electron chi connectivity index (χ2n) is 5.40. The van der Waals surface area contributed by atoms with E-state index in [0.29, 0.717) is 16.1 Å². The lowest BCUT2D eigenvalue weighted by atomic mass is 10.2. The van der Waals surface area contributed by atoms with Crippen LogP contribution in [0.2, 0.25) is 5.02 Å². The largest absolute Gasteiger partial charge is 0.503 e. The van der Waals surface area contributed by atoms with E-state index in [9.17, 15) is 27.9 Å². The van der Waals surface area contributed by atoms with Crippen molar-refractivity contribution in [1.29, 1.82) is 0 Å². The SMILES string of the molecule is COc1cc(/C=N/NC(=O)C(=O)Nc2cc(C(F)(F)F)ccc2Cl)cc(Br)c1O. The van der Waals surface area contributed by atoms with Crippen molar-refractivity contribution >= 4 is 51.2 Å². The lowest BCUT2D eigenvalue weighted by Gasteiger charge is -2.11. The Bertz CT molecular complexity index is 983. The van der Waals surface area contributed by atoms with E-state index < -0.39 is 23.6 Å². The highest BCUT2D eigenvalue weighted by Crippen LogP contribution is 2.35. The third-order valence-corrected chi connectivity index (χ3v) is 4.33. The van der Waals surface area contributed by atoms with Crippen molar-refractivity contribution in [2.75, 3.05) is 12.4 Å². The van der Waals surface area contributed by atoms with Crippen LogP contribution >= 0.6 is 27.5 Å². The van der Waals surface area contributed by atoms with Gasteiger partial charge in [-0.1, -0.05) is 11.6 Å². The van der Waals surface area contributed by atoms with Gasteiger partial charge in [0.2, 0.25) is 0 Å². The maximum absolute atomic E-state index is 12.7. The highest BCUT2D eigenvalue weighted by atomic mass is 79.9. The average Bonchev–Trinajstić information content (AvgIpc) is 2.65. The number of phenolic OH excluding ortho intramolecular Hbond substituents is 1. The molecule has 0 heterocycles. The number of amides is 2. The summed E-state index contributed by atoms with van der Waals surface area (Å²) in [4.78, 5) is 23.7. The van der Waals surface area contributed by atoms with E-state index in [1.807, 2.05) is 10.7 Å². The van der Waals surface area contributed by atoms with Gasteiger partial charge in [0.15, 0.2) is 11.5 Å². The Balaban J connectivity index is 2.06. The number of benzene rings is 2. The van der Waals surface area contributed by atoms with E-state index in [1.54, 1.807) is 0 Å². The number of rotatable bonds is 4. The second kappa shape index (κ2) is 9.14. The highest BCUT2D eigenvalue weighted by molar-refractivity contribution is 9.10. The molecule has 3 N–H and O–H groups in total. The van der Waals surface area contributed by atoms with Gasteiger partial charge in [0, 0.05) is 0 Å². The number of nitrogens with one attached hydrogen (secondary N) is 2. The summed E-state index contributed by atoms with van der Waals surface area (Å²) < 4.78 is 43.5. The van der Waals surface area contributed by atoms with Gasteiger partial charge in [-0.25, -0.2) is 5.43 Å². The zero-order chi connectivity index (χ0) is 21.8. The first kappa shape index (κ1) is 22.5. The van der Waals surface area contributed by atoms with E-state index >= 15 is 0 Å². The van der Waals surface area contributed by atoms with Gasteiger partial charge in [-0.15, -0.1) is 0 Å². The summed E-state index contributed by atoms with van der Waals surface area (Å²) in [5.41, 5.74) is 0.916. The molecule has 0 aliphatic carbocycles.